The van der Waals surface area contributed by atoms with Gasteiger partial charge in [-0.1, -0.05) is 12.1 Å². The number of anilines is 1. The Morgan fingerprint density at radius 2 is 1.86 bits per heavy atom. The average molecular weight is 390 g/mol. The Labute approximate surface area is 171 Å². The van der Waals surface area contributed by atoms with Crippen molar-refractivity contribution in [1.29, 1.82) is 0 Å². The highest BCUT2D eigenvalue weighted by Crippen LogP contribution is 2.19. The van der Waals surface area contributed by atoms with Crippen molar-refractivity contribution in [1.82, 2.24) is 20.2 Å². The van der Waals surface area contributed by atoms with Crippen LogP contribution in [0.1, 0.15) is 27.2 Å². The summed E-state index contributed by atoms with van der Waals surface area (Å²) in [4.78, 5) is 26.5. The van der Waals surface area contributed by atoms with E-state index in [1.165, 1.54) is 0 Å². The summed E-state index contributed by atoms with van der Waals surface area (Å²) in [7, 11) is 2.14. The van der Waals surface area contributed by atoms with Crippen molar-refractivity contribution in [3.05, 3.63) is 65.0 Å². The first kappa shape index (κ1) is 19.3. The molecule has 1 aliphatic heterocycles. The maximum absolute atomic E-state index is 12.8. The number of carbonyl (C=O) groups is 1. The molecule has 2 aromatic heterocycles. The van der Waals surface area contributed by atoms with Gasteiger partial charge in [0.1, 0.15) is 5.82 Å². The molecule has 1 aliphatic rings. The fourth-order valence-electron chi connectivity index (χ4n) is 3.66. The lowest BCUT2D eigenvalue weighted by atomic mass is 10.1. The molecule has 0 unspecified atom stereocenters. The number of likely N-dealkylation sites (N-methyl/N-ethyl adjacent to an activating group) is 1. The summed E-state index contributed by atoms with van der Waals surface area (Å²) in [5.41, 5.74) is 4.49. The van der Waals surface area contributed by atoms with E-state index in [-0.39, 0.29) is 5.91 Å². The number of rotatable bonds is 4. The van der Waals surface area contributed by atoms with Crippen LogP contribution in [0.2, 0.25) is 0 Å². The zero-order valence-electron chi connectivity index (χ0n) is 17.3. The van der Waals surface area contributed by atoms with Gasteiger partial charge in [0.2, 0.25) is 0 Å². The molecule has 0 aliphatic carbocycles. The summed E-state index contributed by atoms with van der Waals surface area (Å²) < 4.78 is 0. The van der Waals surface area contributed by atoms with Crippen LogP contribution in [-0.2, 0) is 6.54 Å². The monoisotopic (exact) mass is 389 g/mol. The smallest absolute Gasteiger partial charge is 0.253 e. The van der Waals surface area contributed by atoms with Crippen molar-refractivity contribution in [2.45, 2.75) is 20.4 Å². The van der Waals surface area contributed by atoms with E-state index in [0.717, 1.165) is 59.7 Å². The minimum Gasteiger partial charge on any atom is -0.354 e. The van der Waals surface area contributed by atoms with E-state index in [1.54, 1.807) is 0 Å². The average Bonchev–Trinajstić information content (AvgIpc) is 2.72. The van der Waals surface area contributed by atoms with Crippen LogP contribution in [0.4, 0.5) is 5.82 Å². The first-order valence-corrected chi connectivity index (χ1v) is 10.0. The molecule has 0 atom stereocenters. The van der Waals surface area contributed by atoms with Gasteiger partial charge >= 0.3 is 0 Å². The van der Waals surface area contributed by atoms with Crippen LogP contribution >= 0.6 is 0 Å². The van der Waals surface area contributed by atoms with Crippen LogP contribution in [0.3, 0.4) is 0 Å². The number of benzene rings is 1. The fraction of sp³-hybridized carbons (Fsp3) is 0.348. The Bertz CT molecular complexity index is 1040. The lowest BCUT2D eigenvalue weighted by Crippen LogP contribution is -2.44. The van der Waals surface area contributed by atoms with E-state index in [4.69, 9.17) is 0 Å². The Kier molecular flexibility index (Phi) is 5.45. The molecule has 1 aromatic carbocycles. The molecule has 1 N–H and O–H groups in total. The number of nitrogens with zero attached hydrogens (tertiary/aromatic N) is 4. The molecule has 3 heterocycles. The number of hydrogen-bond donors (Lipinski definition) is 1. The molecule has 1 saturated heterocycles. The second kappa shape index (κ2) is 8.17. The van der Waals surface area contributed by atoms with E-state index in [1.807, 2.05) is 50.4 Å². The van der Waals surface area contributed by atoms with Crippen molar-refractivity contribution in [2.24, 2.45) is 0 Å². The molecule has 0 spiro atoms. The number of pyridine rings is 2. The summed E-state index contributed by atoms with van der Waals surface area (Å²) in [6.07, 6.45) is 1.82. The Hall–Kier alpha value is -2.99. The predicted molar refractivity (Wildman–Crippen MR) is 116 cm³/mol. The van der Waals surface area contributed by atoms with Gasteiger partial charge in [-0.2, -0.15) is 0 Å². The van der Waals surface area contributed by atoms with Crippen LogP contribution in [0, 0.1) is 13.8 Å². The van der Waals surface area contributed by atoms with Crippen LogP contribution in [0.5, 0.6) is 0 Å². The van der Waals surface area contributed by atoms with Crippen LogP contribution in [0.25, 0.3) is 10.9 Å². The SMILES string of the molecule is Cc1ccc2cc(C(=O)NCc3ccnc(N4CCN(C)CC4)c3)c(C)nc2c1. The van der Waals surface area contributed by atoms with Crippen molar-refractivity contribution < 1.29 is 4.79 Å². The molecule has 3 aromatic rings. The quantitative estimate of drug-likeness (QED) is 0.743. The summed E-state index contributed by atoms with van der Waals surface area (Å²) in [5, 5.41) is 4.02. The lowest BCUT2D eigenvalue weighted by molar-refractivity contribution is 0.0950. The number of aromatic nitrogens is 2. The number of hydrogen-bond acceptors (Lipinski definition) is 5. The van der Waals surface area contributed by atoms with Crippen LogP contribution in [-0.4, -0.2) is 54.0 Å². The molecule has 6 heteroatoms. The van der Waals surface area contributed by atoms with Gasteiger partial charge in [0, 0.05) is 44.3 Å². The van der Waals surface area contributed by atoms with E-state index in [9.17, 15) is 4.79 Å². The molecule has 0 saturated carbocycles. The third-order valence-electron chi connectivity index (χ3n) is 5.50. The lowest BCUT2D eigenvalue weighted by Gasteiger charge is -2.33. The zero-order valence-corrected chi connectivity index (χ0v) is 17.3. The van der Waals surface area contributed by atoms with Crippen molar-refractivity contribution in [2.75, 3.05) is 38.1 Å². The van der Waals surface area contributed by atoms with Gasteiger partial charge in [-0.05, 0) is 56.3 Å². The highest BCUT2D eigenvalue weighted by Gasteiger charge is 2.16. The highest BCUT2D eigenvalue weighted by atomic mass is 16.1. The second-order valence-electron chi connectivity index (χ2n) is 7.81. The van der Waals surface area contributed by atoms with Gasteiger partial charge in [-0.3, -0.25) is 9.78 Å². The molecule has 1 amide bonds. The summed E-state index contributed by atoms with van der Waals surface area (Å²) in [6, 6.07) is 12.0. The normalized spacial score (nSPS) is 14.9. The number of amides is 1. The maximum Gasteiger partial charge on any atom is 0.253 e. The number of nitrogens with one attached hydrogen (secondary N) is 1. The van der Waals surface area contributed by atoms with E-state index in [0.29, 0.717) is 12.1 Å². The molecule has 150 valence electrons. The second-order valence-corrected chi connectivity index (χ2v) is 7.81. The maximum atomic E-state index is 12.8. The van der Waals surface area contributed by atoms with Crippen LogP contribution < -0.4 is 10.2 Å². The van der Waals surface area contributed by atoms with Gasteiger partial charge in [-0.25, -0.2) is 4.98 Å². The largest absolute Gasteiger partial charge is 0.354 e. The minimum atomic E-state index is -0.101. The predicted octanol–water partition coefficient (Wildman–Crippen LogP) is 2.93. The number of aryl methyl sites for hydroxylation is 2. The Morgan fingerprint density at radius 1 is 1.07 bits per heavy atom. The molecular weight excluding hydrogens is 362 g/mol. The van der Waals surface area contributed by atoms with Crippen molar-refractivity contribution >= 4 is 22.6 Å². The number of fused-ring (bicyclic) bond motifs is 1. The fourth-order valence-corrected chi connectivity index (χ4v) is 3.66. The standard InChI is InChI=1S/C23H27N5O/c1-16-4-5-19-14-20(17(2)26-21(19)12-16)23(29)25-15-18-6-7-24-22(13-18)28-10-8-27(3)9-11-28/h4-7,12-14H,8-11,15H2,1-3H3,(H,25,29). The van der Waals surface area contributed by atoms with Crippen molar-refractivity contribution in [3.63, 3.8) is 0 Å². The summed E-state index contributed by atoms with van der Waals surface area (Å²) in [5.74, 6) is 0.874. The van der Waals surface area contributed by atoms with Gasteiger partial charge < -0.3 is 15.1 Å². The van der Waals surface area contributed by atoms with Gasteiger partial charge in [0.05, 0.1) is 16.8 Å². The summed E-state index contributed by atoms with van der Waals surface area (Å²) in [6.45, 7) is 8.42. The third kappa shape index (κ3) is 4.38. The molecular formula is C23H27N5O. The molecule has 0 bridgehead atoms. The van der Waals surface area contributed by atoms with E-state index in [2.05, 4.69) is 38.2 Å². The van der Waals surface area contributed by atoms with Gasteiger partial charge in [0.15, 0.2) is 0 Å². The first-order valence-electron chi connectivity index (χ1n) is 10.0. The van der Waals surface area contributed by atoms with E-state index < -0.39 is 0 Å². The third-order valence-corrected chi connectivity index (χ3v) is 5.50. The molecule has 0 radical (unpaired) electrons. The highest BCUT2D eigenvalue weighted by molar-refractivity contribution is 5.98. The number of carbonyl (C=O) groups excluding carboxylic acids is 1. The number of piperazine rings is 1. The minimum absolute atomic E-state index is 0.101. The summed E-state index contributed by atoms with van der Waals surface area (Å²) >= 11 is 0. The van der Waals surface area contributed by atoms with Gasteiger partial charge in [-0.15, -0.1) is 0 Å². The topological polar surface area (TPSA) is 61.4 Å². The molecule has 29 heavy (non-hydrogen) atoms. The van der Waals surface area contributed by atoms with E-state index >= 15 is 0 Å². The zero-order chi connectivity index (χ0) is 20.4. The Balaban J connectivity index is 1.46. The molecule has 6 nitrogen and oxygen atoms in total. The van der Waals surface area contributed by atoms with Crippen molar-refractivity contribution in [3.8, 4) is 0 Å². The van der Waals surface area contributed by atoms with Crippen LogP contribution in [0.15, 0.2) is 42.6 Å². The van der Waals surface area contributed by atoms with Gasteiger partial charge in [0.25, 0.3) is 5.91 Å². The first-order chi connectivity index (χ1) is 14.0. The molecule has 4 rings (SSSR count). The Morgan fingerprint density at radius 3 is 2.66 bits per heavy atom. The molecule has 1 fully saturated rings.